The standard InChI is InChI=1S/C24H31N7OS/c1-14-10-22(30-29-14)27-21-13-20-19(8-5-9-25-20)23(28-21)26-16-11-17-6-4-7-18(12-16)31(17)24(32)15(2)33-3/h5,8-10,13,15-18H,4,6-7,11-12H2,1-3H3,(H3,26,27,28,29,30)/t15?,16?,17-,18+. The van der Waals surface area contributed by atoms with Crippen LogP contribution in [0.4, 0.5) is 17.5 Å². The Morgan fingerprint density at radius 2 is 2.03 bits per heavy atom. The Bertz CT molecular complexity index is 1130. The molecule has 2 aliphatic rings. The topological polar surface area (TPSA) is 98.8 Å². The smallest absolute Gasteiger partial charge is 0.235 e. The molecule has 2 bridgehead atoms. The third kappa shape index (κ3) is 4.51. The van der Waals surface area contributed by atoms with Gasteiger partial charge in [-0.15, -0.1) is 0 Å². The lowest BCUT2D eigenvalue weighted by Crippen LogP contribution is -2.58. The Hall–Kier alpha value is -2.81. The van der Waals surface area contributed by atoms with E-state index in [0.717, 1.165) is 53.9 Å². The van der Waals surface area contributed by atoms with Crippen molar-refractivity contribution < 1.29 is 4.79 Å². The summed E-state index contributed by atoms with van der Waals surface area (Å²) in [5, 5.41) is 15.2. The molecule has 5 heterocycles. The van der Waals surface area contributed by atoms with Gasteiger partial charge in [-0.1, -0.05) is 0 Å². The van der Waals surface area contributed by atoms with E-state index in [9.17, 15) is 4.79 Å². The minimum Gasteiger partial charge on any atom is -0.367 e. The van der Waals surface area contributed by atoms with Crippen molar-refractivity contribution >= 4 is 46.0 Å². The first-order valence-electron chi connectivity index (χ1n) is 11.7. The number of anilines is 3. The summed E-state index contributed by atoms with van der Waals surface area (Å²) in [5.74, 6) is 2.56. The summed E-state index contributed by atoms with van der Waals surface area (Å²) in [6.07, 6.45) is 9.08. The fraction of sp³-hybridized carbons (Fsp3) is 0.500. The summed E-state index contributed by atoms with van der Waals surface area (Å²) in [6, 6.07) is 8.77. The van der Waals surface area contributed by atoms with Crippen LogP contribution in [-0.4, -0.2) is 60.6 Å². The van der Waals surface area contributed by atoms with Crippen molar-refractivity contribution in [3.8, 4) is 0 Å². The number of aryl methyl sites for hydroxylation is 1. The molecule has 4 atom stereocenters. The van der Waals surface area contributed by atoms with Gasteiger partial charge in [0, 0.05) is 47.5 Å². The number of carbonyl (C=O) groups excluding carboxylic acids is 1. The summed E-state index contributed by atoms with van der Waals surface area (Å²) in [5.41, 5.74) is 1.87. The first-order valence-corrected chi connectivity index (χ1v) is 13.0. The van der Waals surface area contributed by atoms with Crippen molar-refractivity contribution in [1.29, 1.82) is 0 Å². The van der Waals surface area contributed by atoms with Crippen molar-refractivity contribution in [2.75, 3.05) is 16.9 Å². The third-order valence-electron chi connectivity index (χ3n) is 6.83. The molecule has 174 valence electrons. The largest absolute Gasteiger partial charge is 0.367 e. The van der Waals surface area contributed by atoms with Crippen molar-refractivity contribution in [1.82, 2.24) is 25.1 Å². The second-order valence-corrected chi connectivity index (χ2v) is 10.3. The van der Waals surface area contributed by atoms with E-state index >= 15 is 0 Å². The van der Waals surface area contributed by atoms with E-state index in [1.807, 2.05) is 38.3 Å². The number of hydrogen-bond acceptors (Lipinski definition) is 7. The lowest BCUT2D eigenvalue weighted by Gasteiger charge is -2.49. The Morgan fingerprint density at radius 1 is 1.24 bits per heavy atom. The number of thioether (sulfide) groups is 1. The molecule has 8 nitrogen and oxygen atoms in total. The van der Waals surface area contributed by atoms with Gasteiger partial charge in [0.05, 0.1) is 10.8 Å². The van der Waals surface area contributed by atoms with Crippen LogP contribution in [0.25, 0.3) is 10.9 Å². The number of H-pyrrole nitrogens is 1. The fourth-order valence-corrected chi connectivity index (χ4v) is 5.55. The number of nitrogens with zero attached hydrogens (tertiary/aromatic N) is 4. The van der Waals surface area contributed by atoms with Crippen LogP contribution in [0, 0.1) is 6.92 Å². The van der Waals surface area contributed by atoms with Crippen molar-refractivity contribution in [3.63, 3.8) is 0 Å². The van der Waals surface area contributed by atoms with Crippen LogP contribution >= 0.6 is 11.8 Å². The van der Waals surface area contributed by atoms with E-state index in [2.05, 4.69) is 36.8 Å². The van der Waals surface area contributed by atoms with Gasteiger partial charge in [0.15, 0.2) is 5.82 Å². The normalized spacial score (nSPS) is 23.4. The summed E-state index contributed by atoms with van der Waals surface area (Å²) in [7, 11) is 0. The molecule has 1 amide bonds. The number of nitrogens with one attached hydrogen (secondary N) is 3. The SMILES string of the molecule is CSC(C)C(=O)N1[C@@H]2CCC[C@H]1CC(Nc1nc(Nc3cc(C)[nH]n3)cc3ncccc13)C2. The van der Waals surface area contributed by atoms with Crippen LogP contribution in [0.2, 0.25) is 0 Å². The predicted octanol–water partition coefficient (Wildman–Crippen LogP) is 4.48. The number of piperidine rings is 2. The highest BCUT2D eigenvalue weighted by molar-refractivity contribution is 7.99. The molecule has 0 aliphatic carbocycles. The van der Waals surface area contributed by atoms with Gasteiger partial charge >= 0.3 is 0 Å². The zero-order valence-electron chi connectivity index (χ0n) is 19.3. The van der Waals surface area contributed by atoms with Crippen LogP contribution in [0.1, 0.15) is 44.7 Å². The average molecular weight is 466 g/mol. The van der Waals surface area contributed by atoms with E-state index < -0.39 is 0 Å². The molecule has 3 aromatic heterocycles. The van der Waals surface area contributed by atoms with Gasteiger partial charge in [0.1, 0.15) is 11.6 Å². The molecule has 3 N–H and O–H groups in total. The molecule has 5 rings (SSSR count). The Kier molecular flexibility index (Phi) is 6.14. The maximum atomic E-state index is 13.0. The van der Waals surface area contributed by atoms with Crippen molar-refractivity contribution in [2.24, 2.45) is 0 Å². The molecule has 2 saturated heterocycles. The number of carbonyl (C=O) groups is 1. The minimum atomic E-state index is 0.0164. The lowest BCUT2D eigenvalue weighted by atomic mass is 9.81. The van der Waals surface area contributed by atoms with Gasteiger partial charge in [0.25, 0.3) is 0 Å². The van der Waals surface area contributed by atoms with Crippen molar-refractivity contribution in [2.45, 2.75) is 69.3 Å². The number of hydrogen-bond donors (Lipinski definition) is 3. The van der Waals surface area contributed by atoms with Crippen molar-refractivity contribution in [3.05, 3.63) is 36.2 Å². The molecule has 2 aliphatic heterocycles. The number of pyridine rings is 2. The molecule has 0 radical (unpaired) electrons. The maximum absolute atomic E-state index is 13.0. The molecule has 0 aromatic carbocycles. The third-order valence-corrected chi connectivity index (χ3v) is 7.74. The highest BCUT2D eigenvalue weighted by atomic mass is 32.2. The predicted molar refractivity (Wildman–Crippen MR) is 134 cm³/mol. The first-order chi connectivity index (χ1) is 16.0. The van der Waals surface area contributed by atoms with E-state index in [0.29, 0.717) is 23.8 Å². The molecule has 33 heavy (non-hydrogen) atoms. The fourth-order valence-electron chi connectivity index (χ4n) is 5.23. The summed E-state index contributed by atoms with van der Waals surface area (Å²) in [6.45, 7) is 3.99. The molecule has 3 aromatic rings. The monoisotopic (exact) mass is 465 g/mol. The highest BCUT2D eigenvalue weighted by Gasteiger charge is 2.42. The second kappa shape index (κ2) is 9.21. The highest BCUT2D eigenvalue weighted by Crippen LogP contribution is 2.37. The number of aromatic nitrogens is 4. The second-order valence-electron chi connectivity index (χ2n) is 9.16. The van der Waals surface area contributed by atoms with Crippen LogP contribution in [0.5, 0.6) is 0 Å². The zero-order chi connectivity index (χ0) is 22.9. The Labute approximate surface area is 198 Å². The minimum absolute atomic E-state index is 0.0164. The van der Waals surface area contributed by atoms with Crippen LogP contribution in [0.15, 0.2) is 30.5 Å². The van der Waals surface area contributed by atoms with E-state index in [-0.39, 0.29) is 11.3 Å². The number of aromatic amines is 1. The van der Waals surface area contributed by atoms with Crippen LogP contribution in [-0.2, 0) is 4.79 Å². The van der Waals surface area contributed by atoms with Gasteiger partial charge in [-0.05, 0) is 64.3 Å². The number of rotatable bonds is 6. The van der Waals surface area contributed by atoms with E-state index in [4.69, 9.17) is 4.98 Å². The quantitative estimate of drug-likeness (QED) is 0.494. The summed E-state index contributed by atoms with van der Waals surface area (Å²) >= 11 is 1.64. The number of fused-ring (bicyclic) bond motifs is 3. The van der Waals surface area contributed by atoms with Gasteiger partial charge < -0.3 is 15.5 Å². The summed E-state index contributed by atoms with van der Waals surface area (Å²) < 4.78 is 0. The lowest BCUT2D eigenvalue weighted by molar-refractivity contribution is -0.140. The van der Waals surface area contributed by atoms with Crippen LogP contribution in [0.3, 0.4) is 0 Å². The van der Waals surface area contributed by atoms with Crippen LogP contribution < -0.4 is 10.6 Å². The first kappa shape index (κ1) is 22.0. The molecule has 9 heteroatoms. The molecule has 2 fully saturated rings. The Morgan fingerprint density at radius 3 is 2.73 bits per heavy atom. The number of amides is 1. The van der Waals surface area contributed by atoms with Gasteiger partial charge in [0.2, 0.25) is 5.91 Å². The van der Waals surface area contributed by atoms with E-state index in [1.165, 1.54) is 6.42 Å². The molecular weight excluding hydrogens is 434 g/mol. The average Bonchev–Trinajstić information content (AvgIpc) is 3.21. The zero-order valence-corrected chi connectivity index (χ0v) is 20.2. The Balaban J connectivity index is 1.39. The van der Waals surface area contributed by atoms with Gasteiger partial charge in [-0.3, -0.25) is 14.9 Å². The molecule has 0 spiro atoms. The molecular formula is C24H31N7OS. The molecule has 0 saturated carbocycles. The maximum Gasteiger partial charge on any atom is 0.235 e. The summed E-state index contributed by atoms with van der Waals surface area (Å²) in [4.78, 5) is 24.7. The molecule has 2 unspecified atom stereocenters. The van der Waals surface area contributed by atoms with E-state index in [1.54, 1.807) is 18.0 Å². The van der Waals surface area contributed by atoms with Gasteiger partial charge in [-0.25, -0.2) is 4.98 Å². The van der Waals surface area contributed by atoms with Gasteiger partial charge in [-0.2, -0.15) is 16.9 Å².